The van der Waals surface area contributed by atoms with Crippen LogP contribution in [-0.4, -0.2) is 22.0 Å². The minimum absolute atomic E-state index is 0.0580. The first kappa shape index (κ1) is 17.1. The van der Waals surface area contributed by atoms with Crippen molar-refractivity contribution in [3.63, 3.8) is 0 Å². The number of nitriles is 2. The van der Waals surface area contributed by atoms with Crippen LogP contribution in [0.15, 0.2) is 42.7 Å². The first-order valence-electron chi connectivity index (χ1n) is 7.88. The van der Waals surface area contributed by atoms with Crippen LogP contribution in [0.5, 0.6) is 11.5 Å². The Morgan fingerprint density at radius 1 is 1.12 bits per heavy atom. The molecular formula is C20H16N4O2. The number of hydrogen-bond acceptors (Lipinski definition) is 5. The van der Waals surface area contributed by atoms with Gasteiger partial charge in [-0.05, 0) is 42.3 Å². The van der Waals surface area contributed by atoms with Gasteiger partial charge in [0.25, 0.3) is 0 Å². The summed E-state index contributed by atoms with van der Waals surface area (Å²) in [6.45, 7) is 2.54. The number of ether oxygens (including phenoxy) is 1. The zero-order valence-corrected chi connectivity index (χ0v) is 14.4. The fraction of sp³-hybridized carbons (Fsp3) is 0.150. The first-order valence-corrected chi connectivity index (χ1v) is 7.88. The second kappa shape index (κ2) is 7.00. The lowest BCUT2D eigenvalue weighted by Gasteiger charge is -2.07. The van der Waals surface area contributed by atoms with Crippen LogP contribution in [0, 0.1) is 29.6 Å². The maximum atomic E-state index is 10.2. The van der Waals surface area contributed by atoms with Gasteiger partial charge in [-0.25, -0.2) is 0 Å². The molecule has 128 valence electrons. The molecule has 1 aromatic heterocycles. The van der Waals surface area contributed by atoms with Crippen molar-refractivity contribution < 1.29 is 9.84 Å². The minimum atomic E-state index is -0.0580. The summed E-state index contributed by atoms with van der Waals surface area (Å²) < 4.78 is 7.03. The van der Waals surface area contributed by atoms with Crippen LogP contribution >= 0.6 is 0 Å². The summed E-state index contributed by atoms with van der Waals surface area (Å²) in [5, 5.41) is 32.7. The van der Waals surface area contributed by atoms with E-state index in [-0.39, 0.29) is 16.9 Å². The van der Waals surface area contributed by atoms with E-state index in [1.165, 1.54) is 12.1 Å². The number of phenolic OH excluding ortho intramolecular Hbond substituents is 1. The molecule has 0 aliphatic rings. The van der Waals surface area contributed by atoms with E-state index in [1.54, 1.807) is 24.2 Å². The molecule has 0 amide bonds. The second-order valence-corrected chi connectivity index (χ2v) is 5.92. The topological polar surface area (TPSA) is 94.9 Å². The van der Waals surface area contributed by atoms with Crippen LogP contribution in [0.25, 0.3) is 11.1 Å². The number of nitrogens with zero attached hydrogens (tertiary/aromatic N) is 4. The largest absolute Gasteiger partial charge is 0.507 e. The summed E-state index contributed by atoms with van der Waals surface area (Å²) in [7, 11) is 1.63. The molecule has 0 saturated carbocycles. The van der Waals surface area contributed by atoms with Gasteiger partial charge in [-0.2, -0.15) is 15.6 Å². The second-order valence-electron chi connectivity index (χ2n) is 5.92. The van der Waals surface area contributed by atoms with Gasteiger partial charge in [-0.3, -0.25) is 4.68 Å². The van der Waals surface area contributed by atoms with Gasteiger partial charge >= 0.3 is 0 Å². The molecule has 2 aromatic carbocycles. The number of benzene rings is 2. The maximum Gasteiger partial charge on any atom is 0.124 e. The van der Waals surface area contributed by atoms with Crippen molar-refractivity contribution in [1.29, 1.82) is 10.5 Å². The third-order valence-corrected chi connectivity index (χ3v) is 4.01. The Morgan fingerprint density at radius 3 is 2.54 bits per heavy atom. The number of rotatable bonds is 4. The molecular weight excluding hydrogens is 328 g/mol. The normalized spacial score (nSPS) is 10.2. The van der Waals surface area contributed by atoms with Gasteiger partial charge in [0.1, 0.15) is 23.6 Å². The van der Waals surface area contributed by atoms with Gasteiger partial charge in [-0.15, -0.1) is 0 Å². The molecule has 3 aromatic rings. The summed E-state index contributed by atoms with van der Waals surface area (Å²) in [4.78, 5) is 0. The summed E-state index contributed by atoms with van der Waals surface area (Å²) in [5.74, 6) is 0.730. The average Bonchev–Trinajstić information content (AvgIpc) is 3.08. The summed E-state index contributed by atoms with van der Waals surface area (Å²) in [5.41, 5.74) is 3.63. The lowest BCUT2D eigenvalue weighted by molar-refractivity contribution is 0.413. The van der Waals surface area contributed by atoms with Gasteiger partial charge in [0.15, 0.2) is 0 Å². The van der Waals surface area contributed by atoms with Crippen LogP contribution < -0.4 is 4.74 Å². The van der Waals surface area contributed by atoms with Crippen LogP contribution in [-0.2, 0) is 6.54 Å². The van der Waals surface area contributed by atoms with Crippen LogP contribution in [0.1, 0.15) is 22.3 Å². The van der Waals surface area contributed by atoms with Gasteiger partial charge in [0, 0.05) is 17.3 Å². The highest BCUT2D eigenvalue weighted by Crippen LogP contribution is 2.31. The number of hydrogen-bond donors (Lipinski definition) is 1. The average molecular weight is 344 g/mol. The molecule has 3 rings (SSSR count). The number of aromatic nitrogens is 2. The number of methoxy groups -OCH3 is 1. The van der Waals surface area contributed by atoms with Crippen molar-refractivity contribution in [3.8, 4) is 34.8 Å². The van der Waals surface area contributed by atoms with E-state index in [2.05, 4.69) is 11.2 Å². The molecule has 0 bridgehead atoms. The maximum absolute atomic E-state index is 10.2. The molecule has 0 spiro atoms. The summed E-state index contributed by atoms with van der Waals surface area (Å²) in [6, 6.07) is 12.6. The predicted octanol–water partition coefficient (Wildman–Crippen LogP) is 3.36. The van der Waals surface area contributed by atoms with Crippen molar-refractivity contribution in [3.05, 3.63) is 65.0 Å². The molecule has 6 nitrogen and oxygen atoms in total. The zero-order valence-electron chi connectivity index (χ0n) is 14.4. The van der Waals surface area contributed by atoms with Gasteiger partial charge in [-0.1, -0.05) is 6.07 Å². The predicted molar refractivity (Wildman–Crippen MR) is 95.6 cm³/mol. The van der Waals surface area contributed by atoms with E-state index in [4.69, 9.17) is 10.00 Å². The lowest BCUT2D eigenvalue weighted by atomic mass is 10.0. The number of aryl methyl sites for hydroxylation is 1. The SMILES string of the molecule is COc1cc(C)cc(Cn2cc(-c3cc(C#N)c(C#N)cc3O)cn2)c1. The van der Waals surface area contributed by atoms with E-state index in [0.717, 1.165) is 16.9 Å². The summed E-state index contributed by atoms with van der Waals surface area (Å²) in [6.07, 6.45) is 3.41. The Hall–Kier alpha value is -3.77. The number of phenols is 1. The van der Waals surface area contributed by atoms with Crippen molar-refractivity contribution in [1.82, 2.24) is 9.78 Å². The molecule has 1 heterocycles. The van der Waals surface area contributed by atoms with Crippen molar-refractivity contribution in [2.24, 2.45) is 0 Å². The molecule has 0 radical (unpaired) electrons. The molecule has 0 unspecified atom stereocenters. The Balaban J connectivity index is 1.93. The van der Waals surface area contributed by atoms with Crippen LogP contribution in [0.2, 0.25) is 0 Å². The quantitative estimate of drug-likeness (QED) is 0.783. The third kappa shape index (κ3) is 3.35. The van der Waals surface area contributed by atoms with E-state index < -0.39 is 0 Å². The van der Waals surface area contributed by atoms with Crippen LogP contribution in [0.3, 0.4) is 0 Å². The molecule has 0 aliphatic carbocycles. The van der Waals surface area contributed by atoms with Crippen LogP contribution in [0.4, 0.5) is 0 Å². The smallest absolute Gasteiger partial charge is 0.124 e. The molecule has 1 N–H and O–H groups in total. The fourth-order valence-electron chi connectivity index (χ4n) is 2.81. The Bertz CT molecular complexity index is 1050. The monoisotopic (exact) mass is 344 g/mol. The Labute approximate surface area is 151 Å². The molecule has 0 aliphatic heterocycles. The zero-order chi connectivity index (χ0) is 18.7. The van der Waals surface area contributed by atoms with E-state index in [1.807, 2.05) is 31.2 Å². The highest BCUT2D eigenvalue weighted by Gasteiger charge is 2.13. The lowest BCUT2D eigenvalue weighted by Crippen LogP contribution is -2.00. The van der Waals surface area contributed by atoms with E-state index in [9.17, 15) is 10.4 Å². The van der Waals surface area contributed by atoms with E-state index >= 15 is 0 Å². The van der Waals surface area contributed by atoms with E-state index in [0.29, 0.717) is 17.7 Å². The number of aromatic hydroxyl groups is 1. The molecule has 0 fully saturated rings. The van der Waals surface area contributed by atoms with Gasteiger partial charge in [0.05, 0.1) is 31.0 Å². The Kier molecular flexibility index (Phi) is 4.59. The van der Waals surface area contributed by atoms with Gasteiger partial charge < -0.3 is 9.84 Å². The minimum Gasteiger partial charge on any atom is -0.507 e. The fourth-order valence-corrected chi connectivity index (χ4v) is 2.81. The highest BCUT2D eigenvalue weighted by atomic mass is 16.5. The van der Waals surface area contributed by atoms with Crippen molar-refractivity contribution >= 4 is 0 Å². The standard InChI is InChI=1S/C20H16N4O2/c1-13-3-14(5-18(4-13)26-2)11-24-12-17(10-23-24)19-6-15(8-21)16(9-22)7-20(19)25/h3-7,10,12,25H,11H2,1-2H3. The van der Waals surface area contributed by atoms with Crippen molar-refractivity contribution in [2.75, 3.05) is 7.11 Å². The molecule has 6 heteroatoms. The van der Waals surface area contributed by atoms with Gasteiger partial charge in [0.2, 0.25) is 0 Å². The summed E-state index contributed by atoms with van der Waals surface area (Å²) >= 11 is 0. The van der Waals surface area contributed by atoms with Crippen molar-refractivity contribution in [2.45, 2.75) is 13.5 Å². The highest BCUT2D eigenvalue weighted by molar-refractivity contribution is 5.73. The first-order chi connectivity index (χ1) is 12.5. The third-order valence-electron chi connectivity index (χ3n) is 4.01. The Morgan fingerprint density at radius 2 is 1.85 bits per heavy atom. The molecule has 26 heavy (non-hydrogen) atoms. The molecule has 0 atom stereocenters. The molecule has 0 saturated heterocycles.